The molecule has 0 heterocycles. The van der Waals surface area contributed by atoms with Crippen molar-refractivity contribution in [2.75, 3.05) is 17.2 Å². The van der Waals surface area contributed by atoms with E-state index in [1.165, 1.54) is 31.0 Å². The molecule has 2 aromatic carbocycles. The molecule has 0 saturated heterocycles. The van der Waals surface area contributed by atoms with Crippen molar-refractivity contribution < 1.29 is 9.18 Å². The number of anilines is 2. The molecule has 116 valence electrons. The van der Waals surface area contributed by atoms with Crippen molar-refractivity contribution in [3.8, 4) is 0 Å². The van der Waals surface area contributed by atoms with Crippen LogP contribution in [0.2, 0.25) is 0 Å². The summed E-state index contributed by atoms with van der Waals surface area (Å²) < 4.78 is 13.1. The molecule has 2 aromatic rings. The second kappa shape index (κ2) is 8.17. The average molecular weight is 300 g/mol. The van der Waals surface area contributed by atoms with Crippen LogP contribution >= 0.6 is 0 Å². The summed E-state index contributed by atoms with van der Waals surface area (Å²) in [5.74, 6) is -0.734. The minimum Gasteiger partial charge on any atom is -0.385 e. The van der Waals surface area contributed by atoms with Gasteiger partial charge in [0.05, 0.1) is 0 Å². The quantitative estimate of drug-likeness (QED) is 0.729. The topological polar surface area (TPSA) is 41.1 Å². The normalized spacial score (nSPS) is 10.3. The van der Waals surface area contributed by atoms with Crippen molar-refractivity contribution in [3.05, 3.63) is 59.9 Å². The van der Waals surface area contributed by atoms with Crippen molar-refractivity contribution in [3.63, 3.8) is 0 Å². The summed E-state index contributed by atoms with van der Waals surface area (Å²) >= 11 is 0. The van der Waals surface area contributed by atoms with Gasteiger partial charge in [-0.15, -0.1) is 0 Å². The number of carbonyl (C=O) groups is 1. The zero-order chi connectivity index (χ0) is 15.8. The first-order chi connectivity index (χ1) is 10.7. The van der Waals surface area contributed by atoms with E-state index in [0.717, 1.165) is 18.7 Å². The predicted octanol–water partition coefficient (Wildman–Crippen LogP) is 4.68. The van der Waals surface area contributed by atoms with Crippen LogP contribution in [-0.4, -0.2) is 12.5 Å². The van der Waals surface area contributed by atoms with Crippen molar-refractivity contribution in [2.45, 2.75) is 26.2 Å². The van der Waals surface area contributed by atoms with Crippen LogP contribution in [0, 0.1) is 5.82 Å². The third-order valence-electron chi connectivity index (χ3n) is 3.34. The fourth-order valence-electron chi connectivity index (χ4n) is 2.11. The van der Waals surface area contributed by atoms with Gasteiger partial charge in [0, 0.05) is 23.5 Å². The van der Waals surface area contributed by atoms with E-state index in [4.69, 9.17) is 0 Å². The molecule has 0 aliphatic rings. The first-order valence-electron chi connectivity index (χ1n) is 7.60. The van der Waals surface area contributed by atoms with Gasteiger partial charge in [-0.2, -0.15) is 0 Å². The van der Waals surface area contributed by atoms with Crippen LogP contribution in [0.4, 0.5) is 15.8 Å². The van der Waals surface area contributed by atoms with Gasteiger partial charge in [0.1, 0.15) is 5.82 Å². The number of nitrogens with one attached hydrogen (secondary N) is 2. The summed E-state index contributed by atoms with van der Waals surface area (Å²) in [4.78, 5) is 12.0. The number of amides is 1. The van der Waals surface area contributed by atoms with Crippen molar-refractivity contribution >= 4 is 17.3 Å². The van der Waals surface area contributed by atoms with E-state index in [-0.39, 0.29) is 5.91 Å². The number of unbranched alkanes of at least 4 members (excludes halogenated alkanes) is 2. The van der Waals surface area contributed by atoms with Gasteiger partial charge in [-0.3, -0.25) is 4.79 Å². The molecule has 4 heteroatoms. The molecule has 2 N–H and O–H groups in total. The Balaban J connectivity index is 1.89. The molecule has 3 nitrogen and oxygen atoms in total. The summed E-state index contributed by atoms with van der Waals surface area (Å²) in [6, 6.07) is 13.2. The third kappa shape index (κ3) is 4.88. The number of carbonyl (C=O) groups excluding carboxylic acids is 1. The number of rotatable bonds is 7. The first-order valence-corrected chi connectivity index (χ1v) is 7.60. The summed E-state index contributed by atoms with van der Waals surface area (Å²) in [5, 5.41) is 6.09. The van der Waals surface area contributed by atoms with Crippen LogP contribution in [0.1, 0.15) is 36.5 Å². The van der Waals surface area contributed by atoms with Gasteiger partial charge >= 0.3 is 0 Å². The lowest BCUT2D eigenvalue weighted by Gasteiger charge is -2.08. The number of hydrogen-bond acceptors (Lipinski definition) is 2. The van der Waals surface area contributed by atoms with Gasteiger partial charge in [-0.1, -0.05) is 25.8 Å². The largest absolute Gasteiger partial charge is 0.385 e. The van der Waals surface area contributed by atoms with Crippen LogP contribution in [0.25, 0.3) is 0 Å². The standard InChI is InChI=1S/C18H21FN2O/c1-2-3-4-12-20-16-8-10-17(11-9-16)21-18(22)14-6-5-7-15(19)13-14/h5-11,13,20H,2-4,12H2,1H3,(H,21,22). The third-order valence-corrected chi connectivity index (χ3v) is 3.34. The first kappa shape index (κ1) is 16.0. The SMILES string of the molecule is CCCCCNc1ccc(NC(=O)c2cccc(F)c2)cc1. The molecule has 0 spiro atoms. The molecule has 0 atom stereocenters. The second-order valence-electron chi connectivity index (χ2n) is 5.18. The van der Waals surface area contributed by atoms with Gasteiger partial charge in [0.25, 0.3) is 5.91 Å². The van der Waals surface area contributed by atoms with Gasteiger partial charge in [0.2, 0.25) is 0 Å². The van der Waals surface area contributed by atoms with Gasteiger partial charge in [-0.05, 0) is 48.9 Å². The van der Waals surface area contributed by atoms with E-state index in [2.05, 4.69) is 17.6 Å². The highest BCUT2D eigenvalue weighted by atomic mass is 19.1. The number of halogens is 1. The Morgan fingerprint density at radius 3 is 2.45 bits per heavy atom. The molecule has 22 heavy (non-hydrogen) atoms. The molecule has 0 bridgehead atoms. The lowest BCUT2D eigenvalue weighted by molar-refractivity contribution is 0.102. The van der Waals surface area contributed by atoms with E-state index in [0.29, 0.717) is 11.3 Å². The van der Waals surface area contributed by atoms with E-state index < -0.39 is 5.82 Å². The minimum atomic E-state index is -0.417. The maximum atomic E-state index is 13.1. The molecule has 0 fully saturated rings. The second-order valence-corrected chi connectivity index (χ2v) is 5.18. The summed E-state index contributed by atoms with van der Waals surface area (Å²) in [6.45, 7) is 3.12. The molecule has 0 aliphatic carbocycles. The minimum absolute atomic E-state index is 0.307. The Bertz CT molecular complexity index is 611. The van der Waals surface area contributed by atoms with E-state index in [9.17, 15) is 9.18 Å². The Kier molecular flexibility index (Phi) is 5.95. The Labute approximate surface area is 130 Å². The van der Waals surface area contributed by atoms with E-state index in [1.807, 2.05) is 24.3 Å². The Hall–Kier alpha value is -2.36. The lowest BCUT2D eigenvalue weighted by Crippen LogP contribution is -2.12. The summed E-state index contributed by atoms with van der Waals surface area (Å²) in [7, 11) is 0. The fraction of sp³-hybridized carbons (Fsp3) is 0.278. The smallest absolute Gasteiger partial charge is 0.255 e. The van der Waals surface area contributed by atoms with Gasteiger partial charge in [-0.25, -0.2) is 4.39 Å². The van der Waals surface area contributed by atoms with E-state index in [1.54, 1.807) is 6.07 Å². The molecule has 0 saturated carbocycles. The van der Waals surface area contributed by atoms with Gasteiger partial charge < -0.3 is 10.6 Å². The maximum Gasteiger partial charge on any atom is 0.255 e. The van der Waals surface area contributed by atoms with Crippen molar-refractivity contribution in [1.29, 1.82) is 0 Å². The fourth-order valence-corrected chi connectivity index (χ4v) is 2.11. The highest BCUT2D eigenvalue weighted by Crippen LogP contribution is 2.15. The molecule has 1 amide bonds. The molecule has 0 aliphatic heterocycles. The summed E-state index contributed by atoms with van der Waals surface area (Å²) in [6.07, 6.45) is 3.57. The van der Waals surface area contributed by atoms with Crippen LogP contribution in [0.15, 0.2) is 48.5 Å². The van der Waals surface area contributed by atoms with Crippen LogP contribution in [-0.2, 0) is 0 Å². The highest BCUT2D eigenvalue weighted by Gasteiger charge is 2.06. The van der Waals surface area contributed by atoms with E-state index >= 15 is 0 Å². The zero-order valence-electron chi connectivity index (χ0n) is 12.7. The highest BCUT2D eigenvalue weighted by molar-refractivity contribution is 6.04. The van der Waals surface area contributed by atoms with Gasteiger partial charge in [0.15, 0.2) is 0 Å². The van der Waals surface area contributed by atoms with Crippen molar-refractivity contribution in [2.24, 2.45) is 0 Å². The Morgan fingerprint density at radius 2 is 1.77 bits per heavy atom. The molecule has 2 rings (SSSR count). The molecule has 0 unspecified atom stereocenters. The van der Waals surface area contributed by atoms with Crippen LogP contribution in [0.5, 0.6) is 0 Å². The molecular weight excluding hydrogens is 279 g/mol. The molecule has 0 aromatic heterocycles. The van der Waals surface area contributed by atoms with Crippen LogP contribution in [0.3, 0.4) is 0 Å². The maximum absolute atomic E-state index is 13.1. The molecule has 0 radical (unpaired) electrons. The average Bonchev–Trinajstić information content (AvgIpc) is 2.53. The number of benzene rings is 2. The number of hydrogen-bond donors (Lipinski definition) is 2. The Morgan fingerprint density at radius 1 is 1.05 bits per heavy atom. The predicted molar refractivity (Wildman–Crippen MR) is 88.8 cm³/mol. The van der Waals surface area contributed by atoms with Crippen LogP contribution < -0.4 is 10.6 Å². The van der Waals surface area contributed by atoms with Crippen molar-refractivity contribution in [1.82, 2.24) is 0 Å². The monoisotopic (exact) mass is 300 g/mol. The molecular formula is C18H21FN2O. The zero-order valence-corrected chi connectivity index (χ0v) is 12.7. The summed E-state index contributed by atoms with van der Waals surface area (Å²) in [5.41, 5.74) is 2.02. The lowest BCUT2D eigenvalue weighted by atomic mass is 10.2.